The molecule has 100 valence electrons. The summed E-state index contributed by atoms with van der Waals surface area (Å²) in [5.74, 6) is 1.43. The maximum atomic E-state index is 5.77. The Hall–Kier alpha value is -1.88. The van der Waals surface area contributed by atoms with E-state index in [1.807, 2.05) is 18.2 Å². The van der Waals surface area contributed by atoms with Crippen molar-refractivity contribution >= 4 is 22.4 Å². The normalized spacial score (nSPS) is 19.5. The van der Waals surface area contributed by atoms with Crippen LogP contribution in [0.4, 0.5) is 11.5 Å². The summed E-state index contributed by atoms with van der Waals surface area (Å²) in [6.07, 6.45) is 3.93. The van der Waals surface area contributed by atoms with Crippen molar-refractivity contribution in [1.82, 2.24) is 9.97 Å². The van der Waals surface area contributed by atoms with Gasteiger partial charge in [0, 0.05) is 24.2 Å². The number of benzene rings is 1. The average molecular weight is 258 g/mol. The number of hydrogen-bond acceptors (Lipinski definition) is 5. The Labute approximate surface area is 112 Å². The lowest BCUT2D eigenvalue weighted by atomic mass is 10.0. The number of nitrogen functional groups attached to an aromatic ring is 1. The Bertz CT molecular complexity index is 566. The largest absolute Gasteiger partial charge is 0.399 e. The Balaban J connectivity index is 1.76. The molecule has 0 amide bonds. The Morgan fingerprint density at radius 1 is 1.37 bits per heavy atom. The predicted octanol–water partition coefficient (Wildman–Crippen LogP) is 2.05. The van der Waals surface area contributed by atoms with Crippen molar-refractivity contribution in [3.63, 3.8) is 0 Å². The van der Waals surface area contributed by atoms with Crippen LogP contribution in [-0.4, -0.2) is 29.7 Å². The van der Waals surface area contributed by atoms with Gasteiger partial charge in [0.25, 0.3) is 0 Å². The summed E-state index contributed by atoms with van der Waals surface area (Å²) in [5, 5.41) is 4.41. The van der Waals surface area contributed by atoms with E-state index in [1.54, 1.807) is 6.33 Å². The molecular formula is C14H18N4O. The summed E-state index contributed by atoms with van der Waals surface area (Å²) in [6.45, 7) is 2.62. The SMILES string of the molecule is Nc1ccc2c(NCC3CCCOC3)ncnc2c1. The number of fused-ring (bicyclic) bond motifs is 1. The van der Waals surface area contributed by atoms with Gasteiger partial charge in [-0.15, -0.1) is 0 Å². The highest BCUT2D eigenvalue weighted by molar-refractivity contribution is 5.90. The number of aromatic nitrogens is 2. The van der Waals surface area contributed by atoms with E-state index >= 15 is 0 Å². The van der Waals surface area contributed by atoms with Crippen LogP contribution in [0.15, 0.2) is 24.5 Å². The lowest BCUT2D eigenvalue weighted by molar-refractivity contribution is 0.0595. The van der Waals surface area contributed by atoms with Crippen LogP contribution in [0.3, 0.4) is 0 Å². The zero-order valence-electron chi connectivity index (χ0n) is 10.8. The molecule has 0 radical (unpaired) electrons. The van der Waals surface area contributed by atoms with E-state index in [0.29, 0.717) is 5.92 Å². The second kappa shape index (κ2) is 5.40. The van der Waals surface area contributed by atoms with Crippen molar-refractivity contribution in [1.29, 1.82) is 0 Å². The predicted molar refractivity (Wildman–Crippen MR) is 76.0 cm³/mol. The minimum absolute atomic E-state index is 0.563. The van der Waals surface area contributed by atoms with E-state index in [1.165, 1.54) is 6.42 Å². The first-order valence-electron chi connectivity index (χ1n) is 6.65. The number of ether oxygens (including phenoxy) is 1. The number of rotatable bonds is 3. The minimum atomic E-state index is 0.563. The summed E-state index contributed by atoms with van der Waals surface area (Å²) in [4.78, 5) is 8.56. The molecule has 1 fully saturated rings. The third-order valence-corrected chi connectivity index (χ3v) is 3.47. The molecule has 1 atom stereocenters. The maximum absolute atomic E-state index is 5.77. The molecule has 1 aromatic heterocycles. The Kier molecular flexibility index (Phi) is 3.46. The zero-order chi connectivity index (χ0) is 13.1. The molecule has 0 spiro atoms. The van der Waals surface area contributed by atoms with Gasteiger partial charge in [0.05, 0.1) is 12.1 Å². The lowest BCUT2D eigenvalue weighted by Gasteiger charge is -2.22. The second-order valence-corrected chi connectivity index (χ2v) is 4.96. The molecule has 1 aliphatic heterocycles. The van der Waals surface area contributed by atoms with Gasteiger partial charge in [-0.25, -0.2) is 9.97 Å². The van der Waals surface area contributed by atoms with Crippen LogP contribution in [0.5, 0.6) is 0 Å². The van der Waals surface area contributed by atoms with Gasteiger partial charge < -0.3 is 15.8 Å². The van der Waals surface area contributed by atoms with Crippen molar-refractivity contribution < 1.29 is 4.74 Å². The topological polar surface area (TPSA) is 73.1 Å². The second-order valence-electron chi connectivity index (χ2n) is 4.96. The Morgan fingerprint density at radius 2 is 2.32 bits per heavy atom. The van der Waals surface area contributed by atoms with Crippen LogP contribution >= 0.6 is 0 Å². The van der Waals surface area contributed by atoms with Crippen LogP contribution in [-0.2, 0) is 4.74 Å². The molecule has 2 aromatic rings. The third-order valence-electron chi connectivity index (χ3n) is 3.47. The van der Waals surface area contributed by atoms with Gasteiger partial charge in [-0.3, -0.25) is 0 Å². The molecule has 5 nitrogen and oxygen atoms in total. The minimum Gasteiger partial charge on any atom is -0.399 e. The maximum Gasteiger partial charge on any atom is 0.137 e. The van der Waals surface area contributed by atoms with Crippen molar-refractivity contribution in [2.24, 2.45) is 5.92 Å². The molecule has 0 saturated carbocycles. The first kappa shape index (κ1) is 12.2. The smallest absolute Gasteiger partial charge is 0.137 e. The van der Waals surface area contributed by atoms with E-state index in [9.17, 15) is 0 Å². The summed E-state index contributed by atoms with van der Waals surface area (Å²) in [6, 6.07) is 5.71. The first-order chi connectivity index (χ1) is 9.33. The first-order valence-corrected chi connectivity index (χ1v) is 6.65. The highest BCUT2D eigenvalue weighted by Crippen LogP contribution is 2.22. The van der Waals surface area contributed by atoms with E-state index in [0.717, 1.165) is 48.6 Å². The summed E-state index contributed by atoms with van der Waals surface area (Å²) in [7, 11) is 0. The molecule has 19 heavy (non-hydrogen) atoms. The van der Waals surface area contributed by atoms with E-state index < -0.39 is 0 Å². The fraction of sp³-hybridized carbons (Fsp3) is 0.429. The molecule has 0 bridgehead atoms. The van der Waals surface area contributed by atoms with Gasteiger partial charge in [-0.1, -0.05) is 0 Å². The van der Waals surface area contributed by atoms with Crippen molar-refractivity contribution in [3.8, 4) is 0 Å². The highest BCUT2D eigenvalue weighted by Gasteiger charge is 2.14. The number of nitrogens with zero attached hydrogens (tertiary/aromatic N) is 2. The van der Waals surface area contributed by atoms with Gasteiger partial charge >= 0.3 is 0 Å². The van der Waals surface area contributed by atoms with E-state index in [2.05, 4.69) is 15.3 Å². The number of nitrogens with one attached hydrogen (secondary N) is 1. The van der Waals surface area contributed by atoms with Gasteiger partial charge in [0.1, 0.15) is 12.1 Å². The molecule has 5 heteroatoms. The van der Waals surface area contributed by atoms with Crippen LogP contribution in [0, 0.1) is 5.92 Å². The highest BCUT2D eigenvalue weighted by atomic mass is 16.5. The number of anilines is 2. The average Bonchev–Trinajstić information content (AvgIpc) is 2.45. The van der Waals surface area contributed by atoms with Crippen molar-refractivity contribution in [2.45, 2.75) is 12.8 Å². The molecule has 1 saturated heterocycles. The van der Waals surface area contributed by atoms with Crippen LogP contribution in [0.2, 0.25) is 0 Å². The third kappa shape index (κ3) is 2.76. The molecule has 3 N–H and O–H groups in total. The summed E-state index contributed by atoms with van der Waals surface area (Å²) >= 11 is 0. The molecule has 2 heterocycles. The van der Waals surface area contributed by atoms with Crippen molar-refractivity contribution in [2.75, 3.05) is 30.8 Å². The number of hydrogen-bond donors (Lipinski definition) is 2. The fourth-order valence-corrected chi connectivity index (χ4v) is 2.42. The van der Waals surface area contributed by atoms with Gasteiger partial charge in [-0.2, -0.15) is 0 Å². The summed E-state index contributed by atoms with van der Waals surface area (Å²) in [5.41, 5.74) is 7.36. The van der Waals surface area contributed by atoms with Crippen LogP contribution < -0.4 is 11.1 Å². The van der Waals surface area contributed by atoms with Crippen molar-refractivity contribution in [3.05, 3.63) is 24.5 Å². The lowest BCUT2D eigenvalue weighted by Crippen LogP contribution is -2.24. The fourth-order valence-electron chi connectivity index (χ4n) is 2.42. The molecular weight excluding hydrogens is 240 g/mol. The van der Waals surface area contributed by atoms with E-state index in [4.69, 9.17) is 10.5 Å². The van der Waals surface area contributed by atoms with E-state index in [-0.39, 0.29) is 0 Å². The molecule has 1 aromatic carbocycles. The Morgan fingerprint density at radius 3 is 3.16 bits per heavy atom. The zero-order valence-corrected chi connectivity index (χ0v) is 10.8. The molecule has 1 unspecified atom stereocenters. The molecule has 3 rings (SSSR count). The summed E-state index contributed by atoms with van der Waals surface area (Å²) < 4.78 is 5.48. The molecule has 1 aliphatic rings. The monoisotopic (exact) mass is 258 g/mol. The van der Waals surface area contributed by atoms with Gasteiger partial charge in [0.15, 0.2) is 0 Å². The molecule has 0 aliphatic carbocycles. The van der Waals surface area contributed by atoms with Gasteiger partial charge in [0.2, 0.25) is 0 Å². The van der Waals surface area contributed by atoms with Crippen LogP contribution in [0.1, 0.15) is 12.8 Å². The van der Waals surface area contributed by atoms with Gasteiger partial charge in [-0.05, 0) is 37.0 Å². The van der Waals surface area contributed by atoms with Crippen LogP contribution in [0.25, 0.3) is 10.9 Å². The number of nitrogens with two attached hydrogens (primary N) is 1. The standard InChI is InChI=1S/C14H18N4O/c15-11-3-4-12-13(6-11)17-9-18-14(12)16-7-10-2-1-5-19-8-10/h3-4,6,9-10H,1-2,5,7-8,15H2,(H,16,17,18). The quantitative estimate of drug-likeness (QED) is 0.824.